The first-order valence-electron chi connectivity index (χ1n) is 21.7. The Balaban J connectivity index is 0.894. The molecule has 3 aliphatic heterocycles. The van der Waals surface area contributed by atoms with Crippen LogP contribution in [0.5, 0.6) is 11.5 Å². The van der Waals surface area contributed by atoms with E-state index in [0.717, 1.165) is 42.7 Å². The molecule has 1 aliphatic carbocycles. The number of amides is 5. The number of carbonyl (C=O) groups excluding carboxylic acids is 5. The predicted octanol–water partition coefficient (Wildman–Crippen LogP) is 5.61. The van der Waals surface area contributed by atoms with Gasteiger partial charge in [0.15, 0.2) is 11.5 Å². The van der Waals surface area contributed by atoms with Gasteiger partial charge in [0.2, 0.25) is 17.7 Å². The number of nitrogens with two attached hydrogens (primary N) is 1. The fraction of sp³-hybridized carbons (Fsp3) is 0.457. The molecule has 1 saturated carbocycles. The van der Waals surface area contributed by atoms with E-state index in [1.165, 1.54) is 13.2 Å². The van der Waals surface area contributed by atoms with Gasteiger partial charge in [0.05, 0.1) is 48.0 Å². The molecule has 0 spiro atoms. The van der Waals surface area contributed by atoms with E-state index < -0.39 is 47.5 Å². The smallest absolute Gasteiger partial charge is 0.416 e. The largest absolute Gasteiger partial charge is 0.493 e. The van der Waals surface area contributed by atoms with Gasteiger partial charge in [-0.25, -0.2) is 9.97 Å². The van der Waals surface area contributed by atoms with Gasteiger partial charge >= 0.3 is 6.18 Å². The van der Waals surface area contributed by atoms with Gasteiger partial charge in [-0.2, -0.15) is 13.2 Å². The number of piperidine rings is 2. The molecule has 3 unspecified atom stereocenters. The van der Waals surface area contributed by atoms with Crippen molar-refractivity contribution in [2.75, 3.05) is 56.8 Å². The molecule has 0 bridgehead atoms. The van der Waals surface area contributed by atoms with Crippen LogP contribution in [0.4, 0.5) is 30.4 Å². The third kappa shape index (κ3) is 9.51. The summed E-state index contributed by atoms with van der Waals surface area (Å²) in [5.41, 5.74) is 6.74. The second-order valence-electron chi connectivity index (χ2n) is 17.6. The minimum Gasteiger partial charge on any atom is -0.493 e. The summed E-state index contributed by atoms with van der Waals surface area (Å²) in [6.45, 7) is 5.77. The van der Waals surface area contributed by atoms with Crippen LogP contribution in [0.3, 0.4) is 0 Å². The number of rotatable bonds is 15. The van der Waals surface area contributed by atoms with E-state index in [0.29, 0.717) is 78.0 Å². The molecule has 65 heavy (non-hydrogen) atoms. The van der Waals surface area contributed by atoms with E-state index in [4.69, 9.17) is 15.2 Å². The zero-order valence-electron chi connectivity index (χ0n) is 36.6. The maximum Gasteiger partial charge on any atom is 0.416 e. The molecule has 1 aromatic heterocycles. The number of likely N-dealkylation sites (tertiary alicyclic amines) is 1. The summed E-state index contributed by atoms with van der Waals surface area (Å²) in [6, 6.07) is 9.92. The van der Waals surface area contributed by atoms with Crippen LogP contribution in [0.1, 0.15) is 95.6 Å². The van der Waals surface area contributed by atoms with Crippen molar-refractivity contribution in [3.05, 3.63) is 76.6 Å². The van der Waals surface area contributed by atoms with E-state index in [1.807, 2.05) is 0 Å². The van der Waals surface area contributed by atoms with Gasteiger partial charge in [0.25, 0.3) is 11.8 Å². The first-order valence-corrected chi connectivity index (χ1v) is 21.7. The lowest BCUT2D eigenvalue weighted by atomic mass is 9.91. The van der Waals surface area contributed by atoms with Gasteiger partial charge in [-0.1, -0.05) is 0 Å². The first-order chi connectivity index (χ1) is 30.9. The summed E-state index contributed by atoms with van der Waals surface area (Å²) in [7, 11) is 3.17. The van der Waals surface area contributed by atoms with E-state index >= 15 is 0 Å². The molecule has 5 amide bonds. The van der Waals surface area contributed by atoms with Gasteiger partial charge in [0, 0.05) is 48.3 Å². The molecular weight excluding hydrogens is 848 g/mol. The Bertz CT molecular complexity index is 2560. The number of aryl methyl sites for hydroxylation is 1. The summed E-state index contributed by atoms with van der Waals surface area (Å²) in [5.74, 6) is -0.256. The lowest BCUT2D eigenvalue weighted by Crippen LogP contribution is -2.54. The van der Waals surface area contributed by atoms with Crippen LogP contribution in [0.25, 0.3) is 10.9 Å². The monoisotopic (exact) mass is 899 g/mol. The Hall–Kier alpha value is -6.50. The van der Waals surface area contributed by atoms with Crippen molar-refractivity contribution < 1.29 is 46.6 Å². The number of imide groups is 2. The predicted molar refractivity (Wildman–Crippen MR) is 234 cm³/mol. The quantitative estimate of drug-likeness (QED) is 0.0727. The third-order valence-corrected chi connectivity index (χ3v) is 13.0. The molecule has 3 aromatic carbocycles. The summed E-state index contributed by atoms with van der Waals surface area (Å²) in [4.78, 5) is 76.4. The molecule has 2 saturated heterocycles. The Morgan fingerprint density at radius 2 is 1.72 bits per heavy atom. The van der Waals surface area contributed by atoms with Crippen LogP contribution in [0, 0.1) is 18.3 Å². The molecule has 19 heteroatoms. The third-order valence-electron chi connectivity index (χ3n) is 13.0. The number of likely N-dealkylation sites (N-methyl/N-ethyl adjacent to an activating group) is 1. The number of benzene rings is 3. The van der Waals surface area contributed by atoms with Crippen LogP contribution in [0.2, 0.25) is 0 Å². The molecule has 4 aliphatic rings. The zero-order valence-corrected chi connectivity index (χ0v) is 36.6. The molecule has 3 fully saturated rings. The van der Waals surface area contributed by atoms with Crippen molar-refractivity contribution in [3.8, 4) is 11.5 Å². The van der Waals surface area contributed by atoms with Gasteiger partial charge in [0.1, 0.15) is 17.7 Å². The fourth-order valence-electron chi connectivity index (χ4n) is 9.11. The molecular formula is C46H52F3N9O7. The van der Waals surface area contributed by atoms with Crippen molar-refractivity contribution in [2.45, 2.75) is 83.1 Å². The summed E-state index contributed by atoms with van der Waals surface area (Å²) < 4.78 is 53.1. The molecule has 8 rings (SSSR count). The fourth-order valence-corrected chi connectivity index (χ4v) is 9.11. The number of carbonyl (C=O) groups is 5. The van der Waals surface area contributed by atoms with Gasteiger partial charge in [-0.3, -0.25) is 39.1 Å². The number of aromatic nitrogens is 2. The highest BCUT2D eigenvalue weighted by Gasteiger charge is 2.48. The van der Waals surface area contributed by atoms with Crippen molar-refractivity contribution >= 4 is 57.6 Å². The Morgan fingerprint density at radius 1 is 0.985 bits per heavy atom. The average Bonchev–Trinajstić information content (AvgIpc) is 4.00. The Morgan fingerprint density at radius 3 is 2.40 bits per heavy atom. The maximum absolute atomic E-state index is 13.6. The summed E-state index contributed by atoms with van der Waals surface area (Å²) in [6.07, 6.45) is -0.475. The number of methoxy groups -OCH3 is 1. The zero-order chi connectivity index (χ0) is 46.4. The number of hydrogen-bond donors (Lipinski definition) is 5. The highest BCUT2D eigenvalue weighted by atomic mass is 19.4. The van der Waals surface area contributed by atoms with Gasteiger partial charge in [-0.05, 0) is 119 Å². The van der Waals surface area contributed by atoms with Crippen LogP contribution in [-0.2, 0) is 20.6 Å². The number of hydrogen-bond acceptors (Lipinski definition) is 13. The molecule has 16 nitrogen and oxygen atoms in total. The minimum absolute atomic E-state index is 0.00462. The van der Waals surface area contributed by atoms with Gasteiger partial charge < -0.3 is 31.2 Å². The number of nitrogens with zero attached hydrogens (tertiary/aromatic N) is 4. The van der Waals surface area contributed by atoms with Crippen LogP contribution < -0.4 is 36.5 Å². The minimum atomic E-state index is -4.56. The number of nitrogen functional groups attached to an aromatic ring is 1. The highest BCUT2D eigenvalue weighted by Crippen LogP contribution is 2.51. The van der Waals surface area contributed by atoms with Crippen LogP contribution >= 0.6 is 0 Å². The SMILES string of the molecule is CNC(=O)C(CC1(COc2cc3c(NC(C)c4cc(N)cc(C(F)(F)F)c4)nc(C)nc3cc2OC)CC1)N1CCC(CNc2ccc3c(c2)C(=O)N(C2CCC(=O)NC2=O)C3=O)CC1. The number of ether oxygens (including phenoxy) is 2. The highest BCUT2D eigenvalue weighted by molar-refractivity contribution is 6.23. The molecule has 344 valence electrons. The van der Waals surface area contributed by atoms with Crippen molar-refractivity contribution in [3.63, 3.8) is 0 Å². The second kappa shape index (κ2) is 17.8. The number of fused-ring (bicyclic) bond motifs is 2. The van der Waals surface area contributed by atoms with E-state index in [-0.39, 0.29) is 52.9 Å². The van der Waals surface area contributed by atoms with Gasteiger partial charge in [-0.15, -0.1) is 0 Å². The van der Waals surface area contributed by atoms with Crippen LogP contribution in [0.15, 0.2) is 48.5 Å². The number of alkyl halides is 3. The normalized spacial score (nSPS) is 19.7. The number of anilines is 3. The Kier molecular flexibility index (Phi) is 12.4. The van der Waals surface area contributed by atoms with Crippen molar-refractivity contribution in [2.24, 2.45) is 11.3 Å². The number of halogens is 3. The summed E-state index contributed by atoms with van der Waals surface area (Å²) in [5, 5.41) is 12.3. The maximum atomic E-state index is 13.6. The van der Waals surface area contributed by atoms with Crippen LogP contribution in [-0.4, -0.2) is 102 Å². The lowest BCUT2D eigenvalue weighted by molar-refractivity contribution is -0.138. The number of nitrogens with one attached hydrogen (secondary N) is 4. The summed E-state index contributed by atoms with van der Waals surface area (Å²) >= 11 is 0. The first kappa shape index (κ1) is 45.1. The lowest BCUT2D eigenvalue weighted by Gasteiger charge is -2.38. The van der Waals surface area contributed by atoms with Crippen molar-refractivity contribution in [1.29, 1.82) is 0 Å². The topological polar surface area (TPSA) is 210 Å². The molecule has 6 N–H and O–H groups in total. The molecule has 4 heterocycles. The van der Waals surface area contributed by atoms with Crippen molar-refractivity contribution in [1.82, 2.24) is 30.4 Å². The average molecular weight is 900 g/mol. The van der Waals surface area contributed by atoms with E-state index in [2.05, 4.69) is 36.1 Å². The Labute approximate surface area is 373 Å². The second-order valence-corrected chi connectivity index (χ2v) is 17.6. The van der Waals surface area contributed by atoms with E-state index in [1.54, 1.807) is 51.2 Å². The molecule has 4 aromatic rings. The standard InChI is InChI=1S/C46H52F3N9O7/c1-24(27-15-28(46(47,48)49)17-29(50)16-27)53-40-33-19-38(37(64-4)20-34(33)54-25(2)55-40)65-23-45(11-12-45)21-36(41(60)51-3)57-13-9-26(10-14-57)22-52-30-5-6-31-32(18-30)44(63)58(43(31)62)35-7-8-39(59)56-42(35)61/h5-6,15-20,24,26,35-36,52H,7-14,21-23,50H2,1-4H3,(H,51,60)(H,53,54,55)(H,56,59,61). The van der Waals surface area contributed by atoms with E-state index in [9.17, 15) is 37.1 Å². The molecule has 3 atom stereocenters. The molecule has 0 radical (unpaired) electrons.